The van der Waals surface area contributed by atoms with Crippen molar-refractivity contribution in [2.45, 2.75) is 6.92 Å². The molecule has 2 rings (SSSR count). The van der Waals surface area contributed by atoms with Gasteiger partial charge in [0.15, 0.2) is 0 Å². The Balaban J connectivity index is 0.000000187. The fourth-order valence-corrected chi connectivity index (χ4v) is 1.33. The van der Waals surface area contributed by atoms with Crippen LogP contribution in [-0.4, -0.2) is 5.97 Å². The molecule has 0 aliphatic heterocycles. The van der Waals surface area contributed by atoms with Crippen LogP contribution < -0.4 is 4.74 Å². The fraction of sp³-hybridized carbons (Fsp3) is 0.0833. The summed E-state index contributed by atoms with van der Waals surface area (Å²) < 4.78 is 4.78. The quantitative estimate of drug-likeness (QED) is 0.544. The van der Waals surface area contributed by atoms with E-state index in [4.69, 9.17) is 4.74 Å². The van der Waals surface area contributed by atoms with Gasteiger partial charge in [-0.3, -0.25) is 4.79 Å². The topological polar surface area (TPSA) is 26.3 Å². The van der Waals surface area contributed by atoms with Gasteiger partial charge in [-0.25, -0.2) is 0 Å². The monoisotopic (exact) mass is 220 g/mol. The van der Waals surface area contributed by atoms with Crippen LogP contribution in [0, 0.1) is 0 Å². The summed E-state index contributed by atoms with van der Waals surface area (Å²) >= 11 is 1.71. The molecule has 0 aliphatic rings. The van der Waals surface area contributed by atoms with E-state index in [1.165, 1.54) is 6.92 Å². The van der Waals surface area contributed by atoms with E-state index in [0.717, 1.165) is 0 Å². The smallest absolute Gasteiger partial charge is 0.308 e. The minimum Gasteiger partial charge on any atom is -0.427 e. The summed E-state index contributed by atoms with van der Waals surface area (Å²) in [4.78, 5) is 10.4. The first kappa shape index (κ1) is 11.5. The van der Waals surface area contributed by atoms with Crippen molar-refractivity contribution >= 4 is 17.3 Å². The number of para-hydroxylation sites is 1. The van der Waals surface area contributed by atoms with E-state index in [1.54, 1.807) is 23.5 Å². The molecule has 2 nitrogen and oxygen atoms in total. The largest absolute Gasteiger partial charge is 0.427 e. The van der Waals surface area contributed by atoms with Crippen molar-refractivity contribution in [3.8, 4) is 5.75 Å². The second-order valence-corrected chi connectivity index (χ2v) is 3.52. The zero-order valence-corrected chi connectivity index (χ0v) is 9.24. The van der Waals surface area contributed by atoms with Gasteiger partial charge in [-0.05, 0) is 22.9 Å². The van der Waals surface area contributed by atoms with Crippen LogP contribution in [0.25, 0.3) is 0 Å². The Morgan fingerprint density at radius 1 is 1.07 bits per heavy atom. The van der Waals surface area contributed by atoms with Gasteiger partial charge < -0.3 is 4.74 Å². The third kappa shape index (κ3) is 5.65. The molecule has 1 heterocycles. The van der Waals surface area contributed by atoms with Crippen molar-refractivity contribution in [1.82, 2.24) is 0 Å². The highest BCUT2D eigenvalue weighted by Gasteiger charge is 1.92. The number of thiophene rings is 1. The number of esters is 1. The summed E-state index contributed by atoms with van der Waals surface area (Å²) in [5.41, 5.74) is 0. The van der Waals surface area contributed by atoms with Gasteiger partial charge in [0, 0.05) is 6.92 Å². The van der Waals surface area contributed by atoms with Crippen LogP contribution in [-0.2, 0) is 4.79 Å². The van der Waals surface area contributed by atoms with E-state index in [2.05, 4.69) is 0 Å². The van der Waals surface area contributed by atoms with Gasteiger partial charge in [-0.15, -0.1) is 0 Å². The Morgan fingerprint density at radius 3 is 2.07 bits per heavy atom. The molecule has 0 aliphatic carbocycles. The Bertz CT molecular complexity index is 351. The normalized spacial score (nSPS) is 8.60. The number of rotatable bonds is 1. The van der Waals surface area contributed by atoms with E-state index in [1.807, 2.05) is 41.1 Å². The number of hydrogen-bond acceptors (Lipinski definition) is 3. The molecule has 0 fully saturated rings. The van der Waals surface area contributed by atoms with Gasteiger partial charge in [-0.2, -0.15) is 11.3 Å². The molecular weight excluding hydrogens is 208 g/mol. The summed E-state index contributed by atoms with van der Waals surface area (Å²) in [6.45, 7) is 1.38. The van der Waals surface area contributed by atoms with Crippen LogP contribution in [0.1, 0.15) is 6.92 Å². The van der Waals surface area contributed by atoms with E-state index in [9.17, 15) is 4.79 Å². The lowest BCUT2D eigenvalue weighted by Crippen LogP contribution is -2.00. The van der Waals surface area contributed by atoms with E-state index in [-0.39, 0.29) is 5.97 Å². The molecule has 15 heavy (non-hydrogen) atoms. The van der Waals surface area contributed by atoms with Gasteiger partial charge >= 0.3 is 5.97 Å². The van der Waals surface area contributed by atoms with Gasteiger partial charge in [0.25, 0.3) is 0 Å². The zero-order valence-electron chi connectivity index (χ0n) is 8.42. The molecule has 1 aromatic heterocycles. The van der Waals surface area contributed by atoms with E-state index in [0.29, 0.717) is 5.75 Å². The number of carbonyl (C=O) groups excluding carboxylic acids is 1. The van der Waals surface area contributed by atoms with Crippen LogP contribution in [0.3, 0.4) is 0 Å². The molecule has 0 N–H and O–H groups in total. The lowest BCUT2D eigenvalue weighted by atomic mass is 10.3. The van der Waals surface area contributed by atoms with Crippen molar-refractivity contribution in [2.75, 3.05) is 0 Å². The van der Waals surface area contributed by atoms with Crippen molar-refractivity contribution in [1.29, 1.82) is 0 Å². The zero-order chi connectivity index (χ0) is 10.9. The van der Waals surface area contributed by atoms with Crippen LogP contribution in [0.5, 0.6) is 5.75 Å². The molecule has 2 aromatic rings. The average molecular weight is 220 g/mol. The van der Waals surface area contributed by atoms with Crippen LogP contribution in [0.15, 0.2) is 53.2 Å². The molecule has 0 saturated carbocycles. The molecule has 0 bridgehead atoms. The Hall–Kier alpha value is -1.61. The highest BCUT2D eigenvalue weighted by molar-refractivity contribution is 7.07. The molecule has 0 spiro atoms. The molecule has 0 atom stereocenters. The highest BCUT2D eigenvalue weighted by atomic mass is 32.1. The lowest BCUT2D eigenvalue weighted by molar-refractivity contribution is -0.131. The molecule has 3 heteroatoms. The summed E-state index contributed by atoms with van der Waals surface area (Å²) in [6, 6.07) is 13.0. The maximum atomic E-state index is 10.4. The van der Waals surface area contributed by atoms with Crippen molar-refractivity contribution in [3.63, 3.8) is 0 Å². The Morgan fingerprint density at radius 2 is 1.67 bits per heavy atom. The molecule has 78 valence electrons. The molecular formula is C12H12O2S. The number of carbonyl (C=O) groups is 1. The van der Waals surface area contributed by atoms with Crippen molar-refractivity contribution in [3.05, 3.63) is 53.2 Å². The average Bonchev–Trinajstić information content (AvgIpc) is 2.76. The van der Waals surface area contributed by atoms with Crippen molar-refractivity contribution in [2.24, 2.45) is 0 Å². The first-order chi connectivity index (χ1) is 7.29. The summed E-state index contributed by atoms with van der Waals surface area (Å²) in [5.74, 6) is 0.307. The maximum Gasteiger partial charge on any atom is 0.308 e. The van der Waals surface area contributed by atoms with Crippen molar-refractivity contribution < 1.29 is 9.53 Å². The predicted molar refractivity (Wildman–Crippen MR) is 62.1 cm³/mol. The number of benzene rings is 1. The molecule has 0 amide bonds. The fourth-order valence-electron chi connectivity index (χ4n) is 0.881. The number of ether oxygens (including phenoxy) is 1. The highest BCUT2D eigenvalue weighted by Crippen LogP contribution is 2.07. The first-order valence-corrected chi connectivity index (χ1v) is 5.44. The molecule has 0 radical (unpaired) electrons. The third-order valence-electron chi connectivity index (χ3n) is 1.43. The lowest BCUT2D eigenvalue weighted by Gasteiger charge is -1.97. The summed E-state index contributed by atoms with van der Waals surface area (Å²) in [7, 11) is 0. The van der Waals surface area contributed by atoms with Crippen LogP contribution >= 0.6 is 11.3 Å². The van der Waals surface area contributed by atoms with Crippen LogP contribution in [0.4, 0.5) is 0 Å². The summed E-state index contributed by atoms with van der Waals surface area (Å²) in [6.07, 6.45) is 0. The van der Waals surface area contributed by atoms with Gasteiger partial charge in [0.1, 0.15) is 5.75 Å². The first-order valence-electron chi connectivity index (χ1n) is 4.49. The SMILES string of the molecule is CC(=O)Oc1ccccc1.c1ccsc1. The molecule has 1 aromatic carbocycles. The van der Waals surface area contributed by atoms with Gasteiger partial charge in [0.2, 0.25) is 0 Å². The molecule has 0 saturated heterocycles. The molecule has 0 unspecified atom stereocenters. The standard InChI is InChI=1S/C8H8O2.C4H4S/c1-7(9)10-8-5-3-2-4-6-8;1-2-4-5-3-1/h2-6H,1H3;1-4H. The van der Waals surface area contributed by atoms with Crippen LogP contribution in [0.2, 0.25) is 0 Å². The Labute approximate surface area is 93.1 Å². The maximum absolute atomic E-state index is 10.4. The predicted octanol–water partition coefficient (Wildman–Crippen LogP) is 3.36. The minimum atomic E-state index is -0.286. The minimum absolute atomic E-state index is 0.286. The van der Waals surface area contributed by atoms with Gasteiger partial charge in [0.05, 0.1) is 0 Å². The second-order valence-electron chi connectivity index (χ2n) is 2.70. The van der Waals surface area contributed by atoms with Gasteiger partial charge in [-0.1, -0.05) is 30.3 Å². The van der Waals surface area contributed by atoms with E-state index >= 15 is 0 Å². The second kappa shape index (κ2) is 6.79. The number of hydrogen-bond donors (Lipinski definition) is 0. The van der Waals surface area contributed by atoms with E-state index < -0.39 is 0 Å². The third-order valence-corrected chi connectivity index (χ3v) is 2.06. The Kier molecular flexibility index (Phi) is 5.19. The summed E-state index contributed by atoms with van der Waals surface area (Å²) in [5, 5.41) is 4.08.